The van der Waals surface area contributed by atoms with Gasteiger partial charge in [0.05, 0.1) is 18.6 Å². The fraction of sp³-hybridized carbons (Fsp3) is 0.154. The second-order valence-electron chi connectivity index (χ2n) is 4.01. The average Bonchev–Trinajstić information content (AvgIpc) is 2.38. The maximum atomic E-state index is 12.2. The Morgan fingerprint density at radius 1 is 1.26 bits per heavy atom. The number of anilines is 1. The molecule has 2 rings (SSSR count). The Labute approximate surface area is 112 Å². The fourth-order valence-electron chi connectivity index (χ4n) is 1.71. The molecule has 0 aliphatic carbocycles. The number of pyridine rings is 1. The van der Waals surface area contributed by atoms with Crippen LogP contribution in [0.25, 0.3) is 0 Å². The highest BCUT2D eigenvalue weighted by atomic mass is 32.2. The molecule has 0 aliphatic rings. The summed E-state index contributed by atoms with van der Waals surface area (Å²) in [6.45, 7) is 0. The molecule has 1 aromatic carbocycles. The first-order chi connectivity index (χ1) is 9.03. The molecular weight excluding hydrogens is 264 g/mol. The zero-order chi connectivity index (χ0) is 13.9. The SMILES string of the molecule is COc1cccc(CS(=O)(=O)c2ncccc2N)c1. The lowest BCUT2D eigenvalue weighted by Crippen LogP contribution is -2.10. The normalized spacial score (nSPS) is 11.2. The molecule has 0 aliphatic heterocycles. The van der Waals surface area contributed by atoms with Gasteiger partial charge in [-0.1, -0.05) is 12.1 Å². The third-order valence-corrected chi connectivity index (χ3v) is 4.23. The first kappa shape index (κ1) is 13.4. The molecule has 0 saturated heterocycles. The maximum Gasteiger partial charge on any atom is 0.201 e. The Kier molecular flexibility index (Phi) is 3.71. The van der Waals surface area contributed by atoms with Gasteiger partial charge in [0.1, 0.15) is 5.75 Å². The van der Waals surface area contributed by atoms with Gasteiger partial charge in [0, 0.05) is 6.20 Å². The molecule has 1 aromatic heterocycles. The summed E-state index contributed by atoms with van der Waals surface area (Å²) in [5, 5.41) is -0.0854. The highest BCUT2D eigenvalue weighted by Gasteiger charge is 2.19. The summed E-state index contributed by atoms with van der Waals surface area (Å²) in [5.74, 6) is 0.451. The number of nitrogens with two attached hydrogens (primary N) is 1. The number of sulfone groups is 1. The summed E-state index contributed by atoms with van der Waals surface area (Å²) in [7, 11) is -2.03. The molecule has 0 spiro atoms. The first-order valence-electron chi connectivity index (χ1n) is 5.59. The third kappa shape index (κ3) is 3.03. The lowest BCUT2D eigenvalue weighted by molar-refractivity contribution is 0.414. The van der Waals surface area contributed by atoms with E-state index in [4.69, 9.17) is 10.5 Å². The Morgan fingerprint density at radius 3 is 2.74 bits per heavy atom. The maximum absolute atomic E-state index is 12.2. The standard InChI is InChI=1S/C13H14N2O3S/c1-18-11-5-2-4-10(8-11)9-19(16,17)13-12(14)6-3-7-15-13/h2-8H,9,14H2,1H3. The van der Waals surface area contributed by atoms with E-state index in [1.54, 1.807) is 30.3 Å². The van der Waals surface area contributed by atoms with Gasteiger partial charge < -0.3 is 10.5 Å². The molecule has 2 aromatic rings. The van der Waals surface area contributed by atoms with Crippen LogP contribution in [0.3, 0.4) is 0 Å². The summed E-state index contributed by atoms with van der Waals surface area (Å²) in [6, 6.07) is 10.0. The number of hydrogen-bond donors (Lipinski definition) is 1. The molecule has 100 valence electrons. The van der Waals surface area contributed by atoms with Crippen LogP contribution in [0.1, 0.15) is 5.56 Å². The van der Waals surface area contributed by atoms with Crippen LogP contribution in [0.2, 0.25) is 0 Å². The van der Waals surface area contributed by atoms with E-state index in [9.17, 15) is 8.42 Å². The number of rotatable bonds is 4. The van der Waals surface area contributed by atoms with Gasteiger partial charge in [0.25, 0.3) is 0 Å². The van der Waals surface area contributed by atoms with Crippen molar-refractivity contribution in [2.75, 3.05) is 12.8 Å². The van der Waals surface area contributed by atoms with Crippen LogP contribution >= 0.6 is 0 Å². The molecule has 5 nitrogen and oxygen atoms in total. The van der Waals surface area contributed by atoms with Gasteiger partial charge in [0.2, 0.25) is 9.84 Å². The number of benzene rings is 1. The molecule has 0 amide bonds. The van der Waals surface area contributed by atoms with E-state index in [1.165, 1.54) is 19.4 Å². The topological polar surface area (TPSA) is 82.3 Å². The van der Waals surface area contributed by atoms with Crippen molar-refractivity contribution in [2.24, 2.45) is 0 Å². The summed E-state index contributed by atoms with van der Waals surface area (Å²) in [4.78, 5) is 3.84. The largest absolute Gasteiger partial charge is 0.497 e. The zero-order valence-electron chi connectivity index (χ0n) is 10.4. The van der Waals surface area contributed by atoms with Gasteiger partial charge in [-0.05, 0) is 29.8 Å². The van der Waals surface area contributed by atoms with Gasteiger partial charge in [-0.25, -0.2) is 13.4 Å². The van der Waals surface area contributed by atoms with Crippen LogP contribution in [-0.4, -0.2) is 20.5 Å². The predicted molar refractivity (Wildman–Crippen MR) is 72.5 cm³/mol. The van der Waals surface area contributed by atoms with Crippen molar-refractivity contribution in [3.05, 3.63) is 48.2 Å². The molecule has 1 heterocycles. The summed E-state index contributed by atoms with van der Waals surface area (Å²) < 4.78 is 29.5. The van der Waals surface area contributed by atoms with Gasteiger partial charge in [-0.2, -0.15) is 0 Å². The molecule has 2 N–H and O–H groups in total. The fourth-order valence-corrected chi connectivity index (χ4v) is 3.12. The van der Waals surface area contributed by atoms with Crippen molar-refractivity contribution in [1.29, 1.82) is 0 Å². The molecule has 6 heteroatoms. The highest BCUT2D eigenvalue weighted by molar-refractivity contribution is 7.90. The van der Waals surface area contributed by atoms with Crippen molar-refractivity contribution >= 4 is 15.5 Å². The van der Waals surface area contributed by atoms with E-state index < -0.39 is 9.84 Å². The number of methoxy groups -OCH3 is 1. The minimum atomic E-state index is -3.56. The number of ether oxygens (including phenoxy) is 1. The minimum absolute atomic E-state index is 0.0854. The van der Waals surface area contributed by atoms with Crippen LogP contribution in [0.15, 0.2) is 47.6 Å². The quantitative estimate of drug-likeness (QED) is 0.919. The minimum Gasteiger partial charge on any atom is -0.497 e. The Morgan fingerprint density at radius 2 is 2.05 bits per heavy atom. The molecule has 0 radical (unpaired) electrons. The summed E-state index contributed by atoms with van der Waals surface area (Å²) in [6.07, 6.45) is 1.41. The Balaban J connectivity index is 2.34. The van der Waals surface area contributed by atoms with Gasteiger partial charge in [-0.3, -0.25) is 0 Å². The number of nitrogens with zero attached hydrogens (tertiary/aromatic N) is 1. The van der Waals surface area contributed by atoms with Crippen LogP contribution in [0.4, 0.5) is 5.69 Å². The van der Waals surface area contributed by atoms with Crippen molar-refractivity contribution in [3.63, 3.8) is 0 Å². The second-order valence-corrected chi connectivity index (χ2v) is 5.91. The van der Waals surface area contributed by atoms with Gasteiger partial charge in [-0.15, -0.1) is 0 Å². The van der Waals surface area contributed by atoms with Crippen molar-refractivity contribution in [3.8, 4) is 5.75 Å². The average molecular weight is 278 g/mol. The van der Waals surface area contributed by atoms with Gasteiger partial charge >= 0.3 is 0 Å². The molecule has 19 heavy (non-hydrogen) atoms. The number of hydrogen-bond acceptors (Lipinski definition) is 5. The Hall–Kier alpha value is -2.08. The molecule has 0 atom stereocenters. The van der Waals surface area contributed by atoms with E-state index in [2.05, 4.69) is 4.98 Å². The lowest BCUT2D eigenvalue weighted by atomic mass is 10.2. The number of nitrogen functional groups attached to an aromatic ring is 1. The van der Waals surface area contributed by atoms with E-state index >= 15 is 0 Å². The smallest absolute Gasteiger partial charge is 0.201 e. The predicted octanol–water partition coefficient (Wildman–Crippen LogP) is 1.65. The van der Waals surface area contributed by atoms with Crippen LogP contribution in [0.5, 0.6) is 5.75 Å². The van der Waals surface area contributed by atoms with E-state index in [-0.39, 0.29) is 16.5 Å². The van der Waals surface area contributed by atoms with E-state index in [0.29, 0.717) is 11.3 Å². The monoisotopic (exact) mass is 278 g/mol. The van der Waals surface area contributed by atoms with Crippen molar-refractivity contribution in [2.45, 2.75) is 10.8 Å². The zero-order valence-corrected chi connectivity index (χ0v) is 11.2. The van der Waals surface area contributed by atoms with Gasteiger partial charge in [0.15, 0.2) is 5.03 Å². The van der Waals surface area contributed by atoms with E-state index in [0.717, 1.165) is 0 Å². The van der Waals surface area contributed by atoms with Crippen molar-refractivity contribution in [1.82, 2.24) is 4.98 Å². The first-order valence-corrected chi connectivity index (χ1v) is 7.24. The van der Waals surface area contributed by atoms with Crippen LogP contribution in [0, 0.1) is 0 Å². The van der Waals surface area contributed by atoms with Crippen LogP contribution < -0.4 is 10.5 Å². The van der Waals surface area contributed by atoms with Crippen LogP contribution in [-0.2, 0) is 15.6 Å². The highest BCUT2D eigenvalue weighted by Crippen LogP contribution is 2.21. The summed E-state index contributed by atoms with van der Waals surface area (Å²) in [5.41, 5.74) is 6.44. The molecular formula is C13H14N2O3S. The molecule has 0 bridgehead atoms. The van der Waals surface area contributed by atoms with E-state index in [1.807, 2.05) is 0 Å². The summed E-state index contributed by atoms with van der Waals surface area (Å²) >= 11 is 0. The molecule has 0 unspecified atom stereocenters. The third-order valence-electron chi connectivity index (χ3n) is 2.59. The molecule has 0 saturated carbocycles. The Bertz CT molecular complexity index is 684. The molecule has 0 fully saturated rings. The lowest BCUT2D eigenvalue weighted by Gasteiger charge is -2.07. The van der Waals surface area contributed by atoms with Crippen molar-refractivity contribution < 1.29 is 13.2 Å². The number of aromatic nitrogens is 1. The second kappa shape index (κ2) is 5.27.